The maximum atomic E-state index is 11.6. The Hall–Kier alpha value is -4.07. The number of hydrogen-bond donors (Lipinski definition) is 0. The minimum atomic E-state index is -2.26. The van der Waals surface area contributed by atoms with Crippen molar-refractivity contribution in [2.24, 2.45) is 0 Å². The van der Waals surface area contributed by atoms with Crippen LogP contribution in [0.25, 0.3) is 47.7 Å². The highest BCUT2D eigenvalue weighted by Gasteiger charge is 2.20. The van der Waals surface area contributed by atoms with Crippen LogP contribution in [0.4, 0.5) is 0 Å². The summed E-state index contributed by atoms with van der Waals surface area (Å²) in [5.74, 6) is 0. The molecule has 3 nitrogen and oxygen atoms in total. The van der Waals surface area contributed by atoms with Crippen LogP contribution in [0.1, 0.15) is 52.7 Å². The molecule has 0 radical (unpaired) electrons. The summed E-state index contributed by atoms with van der Waals surface area (Å²) in [5.41, 5.74) is 5.67. The number of aromatic nitrogens is 1. The van der Waals surface area contributed by atoms with Crippen molar-refractivity contribution in [2.45, 2.75) is 57.3 Å². The molecule has 244 valence electrons. The molecule has 8 aromatic rings. The Kier molecular flexibility index (Phi) is 9.73. The Balaban J connectivity index is 0.000000178. The van der Waals surface area contributed by atoms with E-state index in [4.69, 9.17) is 0 Å². The third-order valence-electron chi connectivity index (χ3n) is 8.49. The molecule has 3 heterocycles. The van der Waals surface area contributed by atoms with E-state index in [1.54, 1.807) is 40.9 Å². The van der Waals surface area contributed by atoms with E-state index in [1.165, 1.54) is 42.1 Å². The molecule has 0 fully saturated rings. The first-order valence-electron chi connectivity index (χ1n) is 16.0. The van der Waals surface area contributed by atoms with Crippen LogP contribution in [0.15, 0.2) is 137 Å². The van der Waals surface area contributed by atoms with E-state index in [2.05, 4.69) is 154 Å². The van der Waals surface area contributed by atoms with Crippen molar-refractivity contribution >= 4 is 75.7 Å². The molecule has 1 atom stereocenters. The minimum absolute atomic E-state index is 0.0453. The molecular weight excluding hydrogens is 647 g/mol. The molecule has 5 aromatic carbocycles. The van der Waals surface area contributed by atoms with Gasteiger partial charge >= 0.3 is 0 Å². The van der Waals surface area contributed by atoms with Gasteiger partial charge in [-0.15, -0.1) is 22.7 Å². The second-order valence-corrected chi connectivity index (χ2v) is 16.8. The van der Waals surface area contributed by atoms with Gasteiger partial charge in [0.1, 0.15) is 0 Å². The lowest BCUT2D eigenvalue weighted by molar-refractivity contribution is 0.537. The van der Waals surface area contributed by atoms with Gasteiger partial charge in [-0.1, -0.05) is 96.1 Å². The van der Waals surface area contributed by atoms with E-state index in [0.717, 1.165) is 16.7 Å². The summed E-state index contributed by atoms with van der Waals surface area (Å²) in [4.78, 5) is 0.292. The van der Waals surface area contributed by atoms with Crippen molar-refractivity contribution in [3.05, 3.63) is 143 Å². The molecule has 0 N–H and O–H groups in total. The molecule has 0 spiro atoms. The second-order valence-electron chi connectivity index (χ2n) is 13.9. The standard InChI is InChI=1S/C26H29NO2S.2C8H6S/c1-25(2,3)17-10-12-23-21(14-17)22-15-18(26(4,5)6)11-13-24(22)27(23)19-8-7-9-20(16-19)30(28)29;2*1-2-4-8-7(3-1)5-6-9-8/h7-16H,1-6H3,(H,28,29);2*1-6H/p-1. The highest BCUT2D eigenvalue weighted by molar-refractivity contribution is 7.79. The lowest BCUT2D eigenvalue weighted by atomic mass is 9.85. The Morgan fingerprint density at radius 2 is 1.04 bits per heavy atom. The van der Waals surface area contributed by atoms with Crippen LogP contribution in [0, 0.1) is 0 Å². The number of thiophene rings is 2. The molecular formula is C42H40NO2S3-. The zero-order chi connectivity index (χ0) is 34.1. The summed E-state index contributed by atoms with van der Waals surface area (Å²) in [7, 11) is 0. The molecule has 6 heteroatoms. The SMILES string of the molecule is CC(C)(C)c1ccc2c(c1)c1cc(C(C)(C)C)ccc1n2-c1cccc(S(=O)[O-])c1.c1ccc2sccc2c1.c1ccc2sccc2c1. The van der Waals surface area contributed by atoms with Crippen LogP contribution >= 0.6 is 22.7 Å². The monoisotopic (exact) mass is 686 g/mol. The Bertz CT molecular complexity index is 2170. The van der Waals surface area contributed by atoms with Crippen LogP contribution in [0.2, 0.25) is 0 Å². The lowest BCUT2D eigenvalue weighted by Crippen LogP contribution is -2.10. The van der Waals surface area contributed by atoms with E-state index < -0.39 is 11.1 Å². The summed E-state index contributed by atoms with van der Waals surface area (Å²) in [6.07, 6.45) is 0. The molecule has 0 saturated heterocycles. The molecule has 1 unspecified atom stereocenters. The third kappa shape index (κ3) is 7.32. The molecule has 48 heavy (non-hydrogen) atoms. The summed E-state index contributed by atoms with van der Waals surface area (Å²) < 4.78 is 28.0. The summed E-state index contributed by atoms with van der Waals surface area (Å²) in [6.45, 7) is 13.3. The van der Waals surface area contributed by atoms with Crippen LogP contribution < -0.4 is 0 Å². The minimum Gasteiger partial charge on any atom is -0.768 e. The first-order chi connectivity index (χ1) is 22.9. The number of hydrogen-bond acceptors (Lipinski definition) is 4. The maximum Gasteiger partial charge on any atom is 0.0541 e. The van der Waals surface area contributed by atoms with E-state index in [1.807, 2.05) is 6.07 Å². The average molecular weight is 687 g/mol. The van der Waals surface area contributed by atoms with Gasteiger partial charge in [-0.25, -0.2) is 0 Å². The number of nitrogens with zero attached hydrogens (tertiary/aromatic N) is 1. The van der Waals surface area contributed by atoms with Gasteiger partial charge in [0, 0.05) is 30.8 Å². The third-order valence-corrected chi connectivity index (χ3v) is 10.9. The first kappa shape index (κ1) is 33.8. The molecule has 0 saturated carbocycles. The zero-order valence-electron chi connectivity index (χ0n) is 28.2. The van der Waals surface area contributed by atoms with E-state index in [0.29, 0.717) is 4.90 Å². The van der Waals surface area contributed by atoms with Crippen LogP contribution in [-0.4, -0.2) is 13.3 Å². The summed E-state index contributed by atoms with van der Waals surface area (Å²) in [5, 5.41) is 9.31. The molecule has 0 aliphatic carbocycles. The van der Waals surface area contributed by atoms with Crippen molar-refractivity contribution < 1.29 is 8.76 Å². The number of rotatable bonds is 2. The van der Waals surface area contributed by atoms with Crippen molar-refractivity contribution in [3.8, 4) is 5.69 Å². The molecule has 3 aromatic heterocycles. The molecule has 8 rings (SSSR count). The number of benzene rings is 5. The lowest BCUT2D eigenvalue weighted by Gasteiger charge is -2.19. The predicted octanol–water partition coefficient (Wildman–Crippen LogP) is 12.4. The van der Waals surface area contributed by atoms with Crippen LogP contribution in [0.5, 0.6) is 0 Å². The topological polar surface area (TPSA) is 45.1 Å². The zero-order valence-corrected chi connectivity index (χ0v) is 30.6. The normalized spacial score (nSPS) is 12.5. The summed E-state index contributed by atoms with van der Waals surface area (Å²) in [6, 6.07) is 41.5. The Morgan fingerprint density at radius 1 is 0.562 bits per heavy atom. The van der Waals surface area contributed by atoms with Gasteiger partial charge in [0.05, 0.1) is 11.0 Å². The Morgan fingerprint density at radius 3 is 1.48 bits per heavy atom. The fourth-order valence-electron chi connectivity index (χ4n) is 5.77. The summed E-state index contributed by atoms with van der Waals surface area (Å²) >= 11 is 1.31. The van der Waals surface area contributed by atoms with Crippen molar-refractivity contribution in [3.63, 3.8) is 0 Å². The van der Waals surface area contributed by atoms with Crippen LogP contribution in [-0.2, 0) is 21.9 Å². The van der Waals surface area contributed by atoms with Gasteiger partial charge in [-0.05, 0) is 121 Å². The fraction of sp³-hybridized carbons (Fsp3) is 0.190. The van der Waals surface area contributed by atoms with Gasteiger partial charge in [0.25, 0.3) is 0 Å². The quantitative estimate of drug-likeness (QED) is 0.170. The van der Waals surface area contributed by atoms with Crippen LogP contribution in [0.3, 0.4) is 0 Å². The van der Waals surface area contributed by atoms with Crippen molar-refractivity contribution in [1.82, 2.24) is 4.57 Å². The van der Waals surface area contributed by atoms with Gasteiger partial charge in [0.2, 0.25) is 0 Å². The predicted molar refractivity (Wildman–Crippen MR) is 209 cm³/mol. The molecule has 0 aliphatic heterocycles. The van der Waals surface area contributed by atoms with Gasteiger partial charge in [0.15, 0.2) is 0 Å². The van der Waals surface area contributed by atoms with Gasteiger partial charge < -0.3 is 9.12 Å². The average Bonchev–Trinajstić information content (AvgIpc) is 3.81. The second kappa shape index (κ2) is 13.8. The highest BCUT2D eigenvalue weighted by atomic mass is 32.2. The van der Waals surface area contributed by atoms with E-state index in [9.17, 15) is 8.76 Å². The van der Waals surface area contributed by atoms with Gasteiger partial charge in [-0.2, -0.15) is 0 Å². The smallest absolute Gasteiger partial charge is 0.0541 e. The molecule has 0 bridgehead atoms. The first-order valence-corrected chi connectivity index (χ1v) is 18.9. The van der Waals surface area contributed by atoms with Gasteiger partial charge in [-0.3, -0.25) is 4.21 Å². The van der Waals surface area contributed by atoms with E-state index in [-0.39, 0.29) is 10.8 Å². The fourth-order valence-corrected chi connectivity index (χ4v) is 7.76. The maximum absolute atomic E-state index is 11.6. The number of fused-ring (bicyclic) bond motifs is 5. The van der Waals surface area contributed by atoms with E-state index >= 15 is 0 Å². The Labute approximate surface area is 293 Å². The van der Waals surface area contributed by atoms with Crippen molar-refractivity contribution in [1.29, 1.82) is 0 Å². The highest BCUT2D eigenvalue weighted by Crippen LogP contribution is 2.37. The molecule has 0 aliphatic rings. The largest absolute Gasteiger partial charge is 0.768 e. The molecule has 0 amide bonds. The van der Waals surface area contributed by atoms with Crippen molar-refractivity contribution in [2.75, 3.05) is 0 Å².